The van der Waals surface area contributed by atoms with Crippen LogP contribution in [-0.2, 0) is 9.47 Å². The summed E-state index contributed by atoms with van der Waals surface area (Å²) in [7, 11) is 3.27. The Kier molecular flexibility index (Phi) is 8.11. The minimum absolute atomic E-state index is 0.00391. The van der Waals surface area contributed by atoms with Crippen LogP contribution in [0.5, 0.6) is 0 Å². The normalized spacial score (nSPS) is 11.1. The molecule has 0 bridgehead atoms. The van der Waals surface area contributed by atoms with Crippen molar-refractivity contribution in [1.29, 1.82) is 0 Å². The molecule has 0 N–H and O–H groups in total. The maximum atomic E-state index is 12.2. The molecule has 0 aliphatic rings. The highest BCUT2D eigenvalue weighted by Gasteiger charge is 2.13. The number of carbonyl (C=O) groups excluding carboxylic acids is 1. The second kappa shape index (κ2) is 9.32. The van der Waals surface area contributed by atoms with Crippen LogP contribution in [0.4, 0.5) is 0 Å². The molecule has 0 atom stereocenters. The number of ether oxygens (including phenoxy) is 2. The van der Waals surface area contributed by atoms with Gasteiger partial charge in [0.15, 0.2) is 5.78 Å². The van der Waals surface area contributed by atoms with E-state index in [0.29, 0.717) is 48.5 Å². The van der Waals surface area contributed by atoms with Crippen LogP contribution in [0, 0.1) is 0 Å². The molecule has 0 radical (unpaired) electrons. The average molecular weight is 320 g/mol. The largest absolute Gasteiger partial charge is 0.383 e. The molecule has 20 heavy (non-hydrogen) atoms. The van der Waals surface area contributed by atoms with E-state index in [0.717, 1.165) is 0 Å². The molecular weight excluding hydrogens is 301 g/mol. The van der Waals surface area contributed by atoms with Crippen LogP contribution in [-0.4, -0.2) is 57.8 Å². The summed E-state index contributed by atoms with van der Waals surface area (Å²) in [6, 6.07) is 4.91. The van der Waals surface area contributed by atoms with Crippen LogP contribution in [0.15, 0.2) is 18.2 Å². The molecule has 0 aliphatic carbocycles. The molecule has 0 amide bonds. The minimum Gasteiger partial charge on any atom is -0.383 e. The van der Waals surface area contributed by atoms with Crippen molar-refractivity contribution in [3.63, 3.8) is 0 Å². The molecule has 4 nitrogen and oxygen atoms in total. The van der Waals surface area contributed by atoms with Gasteiger partial charge < -0.3 is 9.47 Å². The molecule has 0 aliphatic heterocycles. The van der Waals surface area contributed by atoms with Crippen molar-refractivity contribution in [1.82, 2.24) is 4.90 Å². The Morgan fingerprint density at radius 1 is 1.10 bits per heavy atom. The van der Waals surface area contributed by atoms with Crippen molar-refractivity contribution in [3.8, 4) is 0 Å². The molecule has 1 aromatic carbocycles. The van der Waals surface area contributed by atoms with Crippen molar-refractivity contribution in [3.05, 3.63) is 33.8 Å². The van der Waals surface area contributed by atoms with Gasteiger partial charge in [-0.15, -0.1) is 0 Å². The summed E-state index contributed by atoms with van der Waals surface area (Å²) < 4.78 is 10.1. The van der Waals surface area contributed by atoms with Gasteiger partial charge in [0.2, 0.25) is 0 Å². The monoisotopic (exact) mass is 319 g/mol. The van der Waals surface area contributed by atoms with Crippen molar-refractivity contribution in [2.45, 2.75) is 0 Å². The molecule has 6 heteroatoms. The Labute approximate surface area is 129 Å². The molecule has 1 aromatic rings. The number of Topliss-reactive ketones (excluding diaryl/α,β-unsaturated/α-hetero) is 1. The molecule has 0 saturated heterocycles. The Bertz CT molecular complexity index is 432. The van der Waals surface area contributed by atoms with Crippen LogP contribution in [0.1, 0.15) is 10.4 Å². The number of hydrogen-bond donors (Lipinski definition) is 0. The predicted molar refractivity (Wildman–Crippen MR) is 81.0 cm³/mol. The fourth-order valence-electron chi connectivity index (χ4n) is 1.67. The molecule has 0 heterocycles. The van der Waals surface area contributed by atoms with Gasteiger partial charge in [0.1, 0.15) is 0 Å². The number of ketones is 1. The summed E-state index contributed by atoms with van der Waals surface area (Å²) in [5.41, 5.74) is 0.555. The lowest BCUT2D eigenvalue weighted by Crippen LogP contribution is -2.35. The highest BCUT2D eigenvalue weighted by atomic mass is 35.5. The van der Waals surface area contributed by atoms with Gasteiger partial charge in [0, 0.05) is 32.9 Å². The van der Waals surface area contributed by atoms with E-state index in [2.05, 4.69) is 0 Å². The van der Waals surface area contributed by atoms with E-state index in [9.17, 15) is 4.79 Å². The number of rotatable bonds is 9. The number of hydrogen-bond acceptors (Lipinski definition) is 4. The topological polar surface area (TPSA) is 38.8 Å². The predicted octanol–water partition coefficient (Wildman–Crippen LogP) is 2.77. The third-order valence-corrected chi connectivity index (χ3v) is 3.57. The van der Waals surface area contributed by atoms with E-state index >= 15 is 0 Å². The maximum Gasteiger partial charge on any atom is 0.176 e. The van der Waals surface area contributed by atoms with Gasteiger partial charge in [-0.05, 0) is 18.2 Å². The Balaban J connectivity index is 2.65. The van der Waals surface area contributed by atoms with Gasteiger partial charge in [-0.2, -0.15) is 0 Å². The number of benzene rings is 1. The zero-order chi connectivity index (χ0) is 15.0. The van der Waals surface area contributed by atoms with E-state index in [1.165, 1.54) is 0 Å². The van der Waals surface area contributed by atoms with E-state index in [4.69, 9.17) is 32.7 Å². The SMILES string of the molecule is COCCN(CCOC)CC(=O)c1ccc(Cl)c(Cl)c1. The average Bonchev–Trinajstić information content (AvgIpc) is 2.44. The second-order valence-corrected chi connectivity index (χ2v) is 5.13. The van der Waals surface area contributed by atoms with Gasteiger partial charge in [0.05, 0.1) is 29.8 Å². The quantitative estimate of drug-likeness (QED) is 0.656. The van der Waals surface area contributed by atoms with E-state index < -0.39 is 0 Å². The molecule has 0 aromatic heterocycles. The first-order chi connectivity index (χ1) is 9.58. The van der Waals surface area contributed by atoms with Gasteiger partial charge in [-0.25, -0.2) is 0 Å². The minimum atomic E-state index is -0.00391. The maximum absolute atomic E-state index is 12.2. The first-order valence-corrected chi connectivity index (χ1v) is 7.02. The van der Waals surface area contributed by atoms with Crippen molar-refractivity contribution in [2.24, 2.45) is 0 Å². The standard InChI is InChI=1S/C14H19Cl2NO3/c1-19-7-5-17(6-8-20-2)10-14(18)11-3-4-12(15)13(16)9-11/h3-4,9H,5-8,10H2,1-2H3. The van der Waals surface area contributed by atoms with Crippen LogP contribution in [0.25, 0.3) is 0 Å². The summed E-state index contributed by atoms with van der Waals surface area (Å²) in [6.45, 7) is 2.78. The van der Waals surface area contributed by atoms with Crippen molar-refractivity contribution in [2.75, 3.05) is 47.1 Å². The Hall–Kier alpha value is -0.650. The van der Waals surface area contributed by atoms with E-state index in [1.54, 1.807) is 32.4 Å². The number of methoxy groups -OCH3 is 2. The van der Waals surface area contributed by atoms with Gasteiger partial charge in [-0.3, -0.25) is 9.69 Å². The van der Waals surface area contributed by atoms with Crippen molar-refractivity contribution < 1.29 is 14.3 Å². The Morgan fingerprint density at radius 3 is 2.20 bits per heavy atom. The van der Waals surface area contributed by atoms with Crippen molar-refractivity contribution >= 4 is 29.0 Å². The molecule has 0 spiro atoms. The second-order valence-electron chi connectivity index (χ2n) is 4.31. The molecule has 0 saturated carbocycles. The first kappa shape index (κ1) is 17.4. The summed E-state index contributed by atoms with van der Waals surface area (Å²) in [5, 5.41) is 0.830. The fraction of sp³-hybridized carbons (Fsp3) is 0.500. The lowest BCUT2D eigenvalue weighted by atomic mass is 10.1. The number of nitrogens with zero attached hydrogens (tertiary/aromatic N) is 1. The Morgan fingerprint density at radius 2 is 1.70 bits per heavy atom. The fourth-order valence-corrected chi connectivity index (χ4v) is 1.97. The highest BCUT2D eigenvalue weighted by Crippen LogP contribution is 2.22. The summed E-state index contributed by atoms with van der Waals surface area (Å²) in [4.78, 5) is 14.2. The van der Waals surface area contributed by atoms with Crippen LogP contribution in [0.3, 0.4) is 0 Å². The van der Waals surface area contributed by atoms with Gasteiger partial charge in [-0.1, -0.05) is 23.2 Å². The van der Waals surface area contributed by atoms with Gasteiger partial charge in [0.25, 0.3) is 0 Å². The summed E-state index contributed by atoms with van der Waals surface area (Å²) in [5.74, 6) is -0.00391. The van der Waals surface area contributed by atoms with E-state index in [-0.39, 0.29) is 5.78 Å². The van der Waals surface area contributed by atoms with Gasteiger partial charge >= 0.3 is 0 Å². The lowest BCUT2D eigenvalue weighted by Gasteiger charge is -2.20. The zero-order valence-corrected chi connectivity index (χ0v) is 13.2. The van der Waals surface area contributed by atoms with Crippen LogP contribution < -0.4 is 0 Å². The summed E-state index contributed by atoms with van der Waals surface area (Å²) in [6.07, 6.45) is 0. The van der Waals surface area contributed by atoms with Crippen LogP contribution >= 0.6 is 23.2 Å². The zero-order valence-electron chi connectivity index (χ0n) is 11.7. The lowest BCUT2D eigenvalue weighted by molar-refractivity contribution is 0.0837. The highest BCUT2D eigenvalue weighted by molar-refractivity contribution is 6.42. The third kappa shape index (κ3) is 5.77. The molecule has 0 fully saturated rings. The first-order valence-electron chi connectivity index (χ1n) is 6.27. The third-order valence-electron chi connectivity index (χ3n) is 2.83. The molecular formula is C14H19Cl2NO3. The van der Waals surface area contributed by atoms with E-state index in [1.807, 2.05) is 4.90 Å². The molecule has 0 unspecified atom stereocenters. The molecule has 1 rings (SSSR count). The number of halogens is 2. The summed E-state index contributed by atoms with van der Waals surface area (Å²) >= 11 is 11.8. The smallest absolute Gasteiger partial charge is 0.176 e. The van der Waals surface area contributed by atoms with Crippen LogP contribution in [0.2, 0.25) is 10.0 Å². The number of carbonyl (C=O) groups is 1. The molecule has 112 valence electrons.